The van der Waals surface area contributed by atoms with Crippen molar-refractivity contribution < 1.29 is 31.5 Å². The van der Waals surface area contributed by atoms with E-state index in [1.807, 2.05) is 13.0 Å². The van der Waals surface area contributed by atoms with Crippen molar-refractivity contribution in [2.45, 2.75) is 31.1 Å². The largest absolute Gasteiger partial charge is 0.450 e. The van der Waals surface area contributed by atoms with Crippen LogP contribution in [-0.2, 0) is 16.4 Å². The molecule has 3 aromatic carbocycles. The minimum atomic E-state index is -4.10. The number of aryl methyl sites for hydroxylation is 2. The number of hydrogen-bond donors (Lipinski definition) is 1. The van der Waals surface area contributed by atoms with Crippen LogP contribution < -0.4 is 14.8 Å². The van der Waals surface area contributed by atoms with E-state index in [1.54, 1.807) is 42.5 Å². The maximum Gasteiger partial charge on any atom is 0.417 e. The number of aromatic nitrogens is 2. The predicted octanol–water partition coefficient (Wildman–Crippen LogP) is 7.11. The van der Waals surface area contributed by atoms with Crippen LogP contribution in [0.1, 0.15) is 24.0 Å². The highest BCUT2D eigenvalue weighted by Crippen LogP contribution is 2.37. The molecule has 0 fully saturated rings. The van der Waals surface area contributed by atoms with Crippen LogP contribution >= 0.6 is 0 Å². The number of carbonyl (C=O) groups is 1. The minimum absolute atomic E-state index is 0.00667. The van der Waals surface area contributed by atoms with Gasteiger partial charge in [-0.25, -0.2) is 30.9 Å². The molecule has 0 aliphatic carbocycles. The van der Waals surface area contributed by atoms with Crippen LogP contribution in [0.2, 0.25) is 0 Å². The van der Waals surface area contributed by atoms with E-state index < -0.39 is 33.5 Å². The first kappa shape index (κ1) is 29.2. The first-order valence-electron chi connectivity index (χ1n) is 13.1. The summed E-state index contributed by atoms with van der Waals surface area (Å²) in [6, 6.07) is 19.6. The summed E-state index contributed by atoms with van der Waals surface area (Å²) in [5, 5.41) is 11.5. The number of rotatable bonds is 9. The highest BCUT2D eigenvalue weighted by Gasteiger charge is 2.25. The molecule has 1 N–H and O–H groups in total. The average Bonchev–Trinajstić information content (AvgIpc) is 3.36. The van der Waals surface area contributed by atoms with Crippen LogP contribution in [0.3, 0.4) is 0 Å². The van der Waals surface area contributed by atoms with Gasteiger partial charge in [-0.1, -0.05) is 35.9 Å². The number of nitrogens with one attached hydrogen (secondary N) is 1. The van der Waals surface area contributed by atoms with E-state index in [9.17, 15) is 13.2 Å². The fourth-order valence-corrected chi connectivity index (χ4v) is 5.73. The molecule has 12 heteroatoms. The van der Waals surface area contributed by atoms with Gasteiger partial charge in [0.1, 0.15) is 11.5 Å². The Morgan fingerprint density at radius 2 is 1.74 bits per heavy atom. The number of unbranched alkanes of at least 4 members (excludes halogenated alkanes) is 1. The number of para-hydroxylation sites is 1. The molecule has 0 spiro atoms. The molecule has 0 aliphatic heterocycles. The van der Waals surface area contributed by atoms with Crippen LogP contribution in [0.15, 0.2) is 90.1 Å². The number of fused-ring (bicyclic) bond motifs is 1. The highest BCUT2D eigenvalue weighted by molar-refractivity contribution is 7.90. The number of benzene rings is 3. The van der Waals surface area contributed by atoms with Crippen molar-refractivity contribution >= 4 is 32.8 Å². The maximum atomic E-state index is 15.2. The Balaban J connectivity index is 1.50. The quantitative estimate of drug-likeness (QED) is 0.178. The lowest BCUT2D eigenvalue weighted by molar-refractivity contribution is 0.215. The van der Waals surface area contributed by atoms with Gasteiger partial charge >= 0.3 is 6.09 Å². The van der Waals surface area contributed by atoms with Gasteiger partial charge in [0.2, 0.25) is 0 Å². The summed E-state index contributed by atoms with van der Waals surface area (Å²) in [6.45, 7) is 1.83. The van der Waals surface area contributed by atoms with Gasteiger partial charge in [0.15, 0.2) is 23.0 Å². The first-order chi connectivity index (χ1) is 20.7. The molecule has 0 aliphatic rings. The molecular weight excluding hydrogens is 578 g/mol. The predicted molar refractivity (Wildman–Crippen MR) is 155 cm³/mol. The standard InChI is InChI=1S/C31H24F2N4O5S/c1-20-10-12-24(13-11-20)43(39,40)37-19-21(7-5-6-15-34)28-27(14-16-35-30(28)37)42-29-25(32)17-22(18-26(29)33)36-31(38)41-23-8-3-2-4-9-23/h2-4,8-14,16-19H,5-7H2,1H3,(H,36,38). The van der Waals surface area contributed by atoms with Crippen molar-refractivity contribution in [1.82, 2.24) is 8.96 Å². The minimum Gasteiger partial charge on any atom is -0.450 e. The van der Waals surface area contributed by atoms with Gasteiger partial charge in [0.05, 0.1) is 22.0 Å². The van der Waals surface area contributed by atoms with E-state index in [4.69, 9.17) is 14.7 Å². The van der Waals surface area contributed by atoms with Crippen LogP contribution in [-0.4, -0.2) is 23.5 Å². The van der Waals surface area contributed by atoms with E-state index in [0.717, 1.165) is 21.7 Å². The monoisotopic (exact) mass is 602 g/mol. The SMILES string of the molecule is Cc1ccc(S(=O)(=O)n2cc(CCCC#N)c3c(Oc4c(F)cc(NC(=O)Oc5ccccc5)cc4F)ccnc32)cc1. The molecule has 0 saturated carbocycles. The topological polar surface area (TPSA) is 123 Å². The zero-order valence-corrected chi connectivity index (χ0v) is 23.6. The molecular formula is C31H24F2N4O5S. The molecule has 43 heavy (non-hydrogen) atoms. The van der Waals surface area contributed by atoms with Gasteiger partial charge in [-0.2, -0.15) is 5.26 Å². The molecule has 2 heterocycles. The molecule has 1 amide bonds. The fraction of sp³-hybridized carbons (Fsp3) is 0.129. The third-order valence-corrected chi connectivity index (χ3v) is 8.08. The van der Waals surface area contributed by atoms with Gasteiger partial charge in [0.25, 0.3) is 10.0 Å². The van der Waals surface area contributed by atoms with Gasteiger partial charge in [-0.15, -0.1) is 0 Å². The van der Waals surface area contributed by atoms with Gasteiger partial charge in [-0.3, -0.25) is 5.32 Å². The summed E-state index contributed by atoms with van der Waals surface area (Å²) < 4.78 is 69.3. The summed E-state index contributed by atoms with van der Waals surface area (Å²) in [4.78, 5) is 16.5. The maximum absolute atomic E-state index is 15.2. The van der Waals surface area contributed by atoms with E-state index in [-0.39, 0.29) is 46.0 Å². The summed E-state index contributed by atoms with van der Waals surface area (Å²) in [5.41, 5.74) is 1.12. The van der Waals surface area contributed by atoms with Crippen molar-refractivity contribution in [2.24, 2.45) is 0 Å². The number of halogens is 2. The summed E-state index contributed by atoms with van der Waals surface area (Å²) in [7, 11) is -4.10. The van der Waals surface area contributed by atoms with Crippen molar-refractivity contribution in [3.63, 3.8) is 0 Å². The summed E-state index contributed by atoms with van der Waals surface area (Å²) >= 11 is 0. The van der Waals surface area contributed by atoms with Crippen LogP contribution in [0, 0.1) is 29.9 Å². The Labute approximate surface area is 246 Å². The molecule has 5 aromatic rings. The van der Waals surface area contributed by atoms with Crippen LogP contribution in [0.4, 0.5) is 19.3 Å². The second kappa shape index (κ2) is 12.3. The third kappa shape index (κ3) is 6.32. The van der Waals surface area contributed by atoms with Crippen LogP contribution in [0.5, 0.6) is 17.2 Å². The average molecular weight is 603 g/mol. The highest BCUT2D eigenvalue weighted by atomic mass is 32.2. The number of hydrogen-bond acceptors (Lipinski definition) is 7. The van der Waals surface area contributed by atoms with Crippen molar-refractivity contribution in [1.29, 1.82) is 5.26 Å². The lowest BCUT2D eigenvalue weighted by Crippen LogP contribution is -2.17. The van der Waals surface area contributed by atoms with Gasteiger partial charge in [-0.05, 0) is 55.7 Å². The number of pyridine rings is 1. The van der Waals surface area contributed by atoms with E-state index in [0.29, 0.717) is 12.0 Å². The lowest BCUT2D eigenvalue weighted by atomic mass is 10.1. The summed E-state index contributed by atoms with van der Waals surface area (Å²) in [6.07, 6.45) is 2.58. The molecule has 2 aromatic heterocycles. The molecule has 0 radical (unpaired) electrons. The number of nitrogens with zero attached hydrogens (tertiary/aromatic N) is 3. The van der Waals surface area contributed by atoms with Gasteiger partial charge in [0, 0.05) is 30.9 Å². The normalized spacial score (nSPS) is 11.2. The number of anilines is 1. The molecule has 5 rings (SSSR count). The van der Waals surface area contributed by atoms with Crippen molar-refractivity contribution in [3.05, 3.63) is 108 Å². The number of carbonyl (C=O) groups excluding carboxylic acids is 1. The van der Waals surface area contributed by atoms with E-state index in [1.165, 1.54) is 30.6 Å². The Hall–Kier alpha value is -5.28. The zero-order chi connectivity index (χ0) is 30.6. The molecule has 218 valence electrons. The molecule has 0 bridgehead atoms. The van der Waals surface area contributed by atoms with Gasteiger partial charge < -0.3 is 9.47 Å². The number of nitriles is 1. The Morgan fingerprint density at radius 3 is 2.42 bits per heavy atom. The van der Waals surface area contributed by atoms with E-state index in [2.05, 4.69) is 10.3 Å². The number of ether oxygens (including phenoxy) is 2. The Bertz CT molecular complexity index is 1930. The smallest absolute Gasteiger partial charge is 0.417 e. The first-order valence-corrected chi connectivity index (χ1v) is 14.5. The number of amides is 1. The lowest BCUT2D eigenvalue weighted by Gasteiger charge is -2.12. The second-order valence-corrected chi connectivity index (χ2v) is 11.3. The summed E-state index contributed by atoms with van der Waals surface area (Å²) in [5.74, 6) is -2.83. The van der Waals surface area contributed by atoms with Crippen molar-refractivity contribution in [2.75, 3.05) is 5.32 Å². The fourth-order valence-electron chi connectivity index (χ4n) is 4.39. The Morgan fingerprint density at radius 1 is 1.05 bits per heavy atom. The molecule has 9 nitrogen and oxygen atoms in total. The van der Waals surface area contributed by atoms with Crippen molar-refractivity contribution in [3.8, 4) is 23.3 Å². The zero-order valence-electron chi connectivity index (χ0n) is 22.8. The second-order valence-electron chi connectivity index (χ2n) is 9.49. The molecule has 0 unspecified atom stereocenters. The molecule has 0 saturated heterocycles. The Kier molecular flexibility index (Phi) is 8.36. The molecule has 0 atom stereocenters. The third-order valence-electron chi connectivity index (χ3n) is 6.42. The van der Waals surface area contributed by atoms with E-state index >= 15 is 8.78 Å². The van der Waals surface area contributed by atoms with Crippen LogP contribution in [0.25, 0.3) is 11.0 Å².